The average molecular weight is 236 g/mol. The molecule has 0 spiro atoms. The molecular formula is C14H24N2O. The highest BCUT2D eigenvalue weighted by molar-refractivity contribution is 5.43. The van der Waals surface area contributed by atoms with E-state index in [-0.39, 0.29) is 0 Å². The van der Waals surface area contributed by atoms with Crippen molar-refractivity contribution in [3.63, 3.8) is 0 Å². The van der Waals surface area contributed by atoms with Crippen molar-refractivity contribution in [3.8, 4) is 5.75 Å². The molecule has 0 saturated carbocycles. The Morgan fingerprint density at radius 1 is 1.41 bits per heavy atom. The fourth-order valence-corrected chi connectivity index (χ4v) is 1.77. The number of anilines is 1. The van der Waals surface area contributed by atoms with Crippen LogP contribution in [-0.2, 0) is 0 Å². The van der Waals surface area contributed by atoms with E-state index in [2.05, 4.69) is 25.8 Å². The largest absolute Gasteiger partial charge is 0.492 e. The Bertz CT molecular complexity index is 328. The van der Waals surface area contributed by atoms with Gasteiger partial charge in [-0.25, -0.2) is 0 Å². The Morgan fingerprint density at radius 2 is 2.18 bits per heavy atom. The number of nitrogen functional groups attached to an aromatic ring is 1. The van der Waals surface area contributed by atoms with Crippen LogP contribution in [0.1, 0.15) is 26.7 Å². The molecule has 0 heterocycles. The summed E-state index contributed by atoms with van der Waals surface area (Å²) in [6.07, 6.45) is 2.45. The van der Waals surface area contributed by atoms with Crippen LogP contribution in [0.4, 0.5) is 5.69 Å². The second-order valence-corrected chi connectivity index (χ2v) is 4.54. The van der Waals surface area contributed by atoms with Crippen LogP contribution in [0.5, 0.6) is 5.75 Å². The van der Waals surface area contributed by atoms with E-state index in [9.17, 15) is 0 Å². The molecule has 17 heavy (non-hydrogen) atoms. The molecule has 0 saturated heterocycles. The van der Waals surface area contributed by atoms with Gasteiger partial charge in [-0.2, -0.15) is 0 Å². The van der Waals surface area contributed by atoms with Crippen molar-refractivity contribution in [2.24, 2.45) is 0 Å². The number of nitrogens with zero attached hydrogens (tertiary/aromatic N) is 1. The highest BCUT2D eigenvalue weighted by Crippen LogP contribution is 2.14. The molecule has 96 valence electrons. The molecule has 1 rings (SSSR count). The van der Waals surface area contributed by atoms with Crippen LogP contribution in [0.3, 0.4) is 0 Å². The Labute approximate surface area is 105 Å². The average Bonchev–Trinajstić information content (AvgIpc) is 2.29. The van der Waals surface area contributed by atoms with Gasteiger partial charge in [-0.15, -0.1) is 0 Å². The molecule has 1 unspecified atom stereocenters. The van der Waals surface area contributed by atoms with Crippen molar-refractivity contribution < 1.29 is 4.74 Å². The van der Waals surface area contributed by atoms with Gasteiger partial charge in [0.2, 0.25) is 0 Å². The summed E-state index contributed by atoms with van der Waals surface area (Å²) in [6.45, 7) is 6.11. The lowest BCUT2D eigenvalue weighted by molar-refractivity contribution is 0.193. The van der Waals surface area contributed by atoms with Crippen molar-refractivity contribution in [2.45, 2.75) is 32.7 Å². The summed E-state index contributed by atoms with van der Waals surface area (Å²) in [5, 5.41) is 0. The van der Waals surface area contributed by atoms with Crippen LogP contribution in [0.15, 0.2) is 24.3 Å². The van der Waals surface area contributed by atoms with E-state index >= 15 is 0 Å². The lowest BCUT2D eigenvalue weighted by Gasteiger charge is -2.24. The molecule has 1 aromatic carbocycles. The van der Waals surface area contributed by atoms with Gasteiger partial charge in [0.15, 0.2) is 0 Å². The Kier molecular flexibility index (Phi) is 5.84. The van der Waals surface area contributed by atoms with Gasteiger partial charge in [-0.1, -0.05) is 19.4 Å². The van der Waals surface area contributed by atoms with E-state index in [1.54, 1.807) is 0 Å². The molecule has 2 N–H and O–H groups in total. The van der Waals surface area contributed by atoms with Gasteiger partial charge in [0.05, 0.1) is 0 Å². The van der Waals surface area contributed by atoms with E-state index in [0.29, 0.717) is 12.6 Å². The molecule has 0 bridgehead atoms. The summed E-state index contributed by atoms with van der Waals surface area (Å²) >= 11 is 0. The van der Waals surface area contributed by atoms with E-state index in [1.165, 1.54) is 12.8 Å². The number of hydrogen-bond donors (Lipinski definition) is 1. The fourth-order valence-electron chi connectivity index (χ4n) is 1.77. The predicted octanol–water partition coefficient (Wildman–Crippen LogP) is 2.77. The first kappa shape index (κ1) is 13.8. The second kappa shape index (κ2) is 7.17. The van der Waals surface area contributed by atoms with Gasteiger partial charge < -0.3 is 15.4 Å². The Hall–Kier alpha value is -1.22. The van der Waals surface area contributed by atoms with Crippen molar-refractivity contribution in [1.29, 1.82) is 0 Å². The van der Waals surface area contributed by atoms with Crippen molar-refractivity contribution in [2.75, 3.05) is 25.9 Å². The maximum atomic E-state index is 5.69. The van der Waals surface area contributed by atoms with E-state index < -0.39 is 0 Å². The first-order valence-electron chi connectivity index (χ1n) is 6.32. The molecule has 0 fully saturated rings. The molecule has 0 aliphatic heterocycles. The maximum Gasteiger partial charge on any atom is 0.121 e. The van der Waals surface area contributed by atoms with Crippen molar-refractivity contribution in [3.05, 3.63) is 24.3 Å². The summed E-state index contributed by atoms with van der Waals surface area (Å²) in [5.41, 5.74) is 6.43. The molecule has 0 aromatic heterocycles. The zero-order valence-electron chi connectivity index (χ0n) is 11.1. The SMILES string of the molecule is CCCC(C)N(C)CCOc1cccc(N)c1. The van der Waals surface area contributed by atoms with Crippen LogP contribution < -0.4 is 10.5 Å². The summed E-state index contributed by atoms with van der Waals surface area (Å²) in [7, 11) is 2.14. The standard InChI is InChI=1S/C14H24N2O/c1-4-6-12(2)16(3)9-10-17-14-8-5-7-13(15)11-14/h5,7-8,11-12H,4,6,9-10,15H2,1-3H3. The third-order valence-electron chi connectivity index (χ3n) is 3.03. The van der Waals surface area contributed by atoms with Crippen LogP contribution in [0.25, 0.3) is 0 Å². The number of hydrogen-bond acceptors (Lipinski definition) is 3. The summed E-state index contributed by atoms with van der Waals surface area (Å²) in [6, 6.07) is 8.18. The van der Waals surface area contributed by atoms with Gasteiger partial charge in [0.25, 0.3) is 0 Å². The lowest BCUT2D eigenvalue weighted by Crippen LogP contribution is -2.32. The Balaban J connectivity index is 2.28. The fraction of sp³-hybridized carbons (Fsp3) is 0.571. The van der Waals surface area contributed by atoms with Gasteiger partial charge in [-0.3, -0.25) is 0 Å². The number of likely N-dealkylation sites (N-methyl/N-ethyl adjacent to an activating group) is 1. The normalized spacial score (nSPS) is 12.7. The Morgan fingerprint density at radius 3 is 2.82 bits per heavy atom. The lowest BCUT2D eigenvalue weighted by atomic mass is 10.2. The molecule has 0 radical (unpaired) electrons. The number of ether oxygens (including phenoxy) is 1. The monoisotopic (exact) mass is 236 g/mol. The van der Waals surface area contributed by atoms with Crippen LogP contribution in [0.2, 0.25) is 0 Å². The van der Waals surface area contributed by atoms with Crippen molar-refractivity contribution >= 4 is 5.69 Å². The summed E-state index contributed by atoms with van der Waals surface area (Å²) < 4.78 is 5.66. The third kappa shape index (κ3) is 5.09. The van der Waals surface area contributed by atoms with Crippen LogP contribution >= 0.6 is 0 Å². The highest BCUT2D eigenvalue weighted by atomic mass is 16.5. The van der Waals surface area contributed by atoms with E-state index in [1.807, 2.05) is 24.3 Å². The van der Waals surface area contributed by atoms with Crippen LogP contribution in [0, 0.1) is 0 Å². The quantitative estimate of drug-likeness (QED) is 0.740. The number of nitrogens with two attached hydrogens (primary N) is 1. The topological polar surface area (TPSA) is 38.5 Å². The predicted molar refractivity (Wildman–Crippen MR) is 73.3 cm³/mol. The summed E-state index contributed by atoms with van der Waals surface area (Å²) in [4.78, 5) is 2.33. The van der Waals surface area contributed by atoms with Gasteiger partial charge in [0, 0.05) is 24.3 Å². The minimum absolute atomic E-state index is 0.615. The zero-order valence-corrected chi connectivity index (χ0v) is 11.1. The molecular weight excluding hydrogens is 212 g/mol. The second-order valence-electron chi connectivity index (χ2n) is 4.54. The molecule has 0 aliphatic rings. The molecule has 3 nitrogen and oxygen atoms in total. The zero-order chi connectivity index (χ0) is 12.7. The van der Waals surface area contributed by atoms with Gasteiger partial charge in [0.1, 0.15) is 12.4 Å². The highest BCUT2D eigenvalue weighted by Gasteiger charge is 2.07. The number of benzene rings is 1. The molecule has 1 atom stereocenters. The molecule has 0 aliphatic carbocycles. The van der Waals surface area contributed by atoms with Crippen molar-refractivity contribution in [1.82, 2.24) is 4.90 Å². The molecule has 0 amide bonds. The number of rotatable bonds is 7. The van der Waals surface area contributed by atoms with Gasteiger partial charge in [-0.05, 0) is 32.5 Å². The minimum Gasteiger partial charge on any atom is -0.492 e. The molecule has 3 heteroatoms. The smallest absolute Gasteiger partial charge is 0.121 e. The third-order valence-corrected chi connectivity index (χ3v) is 3.03. The first-order valence-corrected chi connectivity index (χ1v) is 6.32. The van der Waals surface area contributed by atoms with Crippen LogP contribution in [-0.4, -0.2) is 31.1 Å². The van der Waals surface area contributed by atoms with E-state index in [4.69, 9.17) is 10.5 Å². The maximum absolute atomic E-state index is 5.69. The van der Waals surface area contributed by atoms with Gasteiger partial charge >= 0.3 is 0 Å². The summed E-state index contributed by atoms with van der Waals surface area (Å²) in [5.74, 6) is 0.849. The minimum atomic E-state index is 0.615. The van der Waals surface area contributed by atoms with E-state index in [0.717, 1.165) is 18.0 Å². The first-order chi connectivity index (χ1) is 8.13. The molecule has 1 aromatic rings.